The van der Waals surface area contributed by atoms with E-state index in [9.17, 15) is 0 Å². The summed E-state index contributed by atoms with van der Waals surface area (Å²) < 4.78 is 0. The predicted octanol–water partition coefficient (Wildman–Crippen LogP) is 2.89. The third kappa shape index (κ3) is 2.25. The molecule has 0 bridgehead atoms. The topological polar surface area (TPSA) is 52.0 Å². The lowest BCUT2D eigenvalue weighted by Gasteiger charge is -2.12. The zero-order valence-electron chi connectivity index (χ0n) is 9.42. The Labute approximate surface area is 91.7 Å². The normalized spacial score (nSPS) is 17.1. The summed E-state index contributed by atoms with van der Waals surface area (Å²) in [6.07, 6.45) is 6.72. The number of anilines is 2. The first-order chi connectivity index (χ1) is 7.16. The van der Waals surface area contributed by atoms with Gasteiger partial charge in [-0.2, -0.15) is 0 Å². The van der Waals surface area contributed by atoms with Crippen molar-refractivity contribution in [2.45, 2.75) is 39.0 Å². The summed E-state index contributed by atoms with van der Waals surface area (Å²) in [4.78, 5) is 0. The molecule has 15 heavy (non-hydrogen) atoms. The molecule has 0 heterocycles. The van der Waals surface area contributed by atoms with Gasteiger partial charge in [-0.05, 0) is 36.5 Å². The van der Waals surface area contributed by atoms with Gasteiger partial charge in [0.15, 0.2) is 0 Å². The van der Waals surface area contributed by atoms with E-state index in [-0.39, 0.29) is 0 Å². The summed E-state index contributed by atoms with van der Waals surface area (Å²) in [6.45, 7) is 2.03. The number of nitrogens with two attached hydrogens (primary N) is 2. The van der Waals surface area contributed by atoms with Gasteiger partial charge in [0.05, 0.1) is 11.4 Å². The monoisotopic (exact) mass is 204 g/mol. The Bertz CT molecular complexity index is 329. The zero-order valence-corrected chi connectivity index (χ0v) is 9.42. The zero-order chi connectivity index (χ0) is 10.8. The number of hydrogen-bond acceptors (Lipinski definition) is 2. The van der Waals surface area contributed by atoms with Gasteiger partial charge in [-0.15, -0.1) is 0 Å². The smallest absolute Gasteiger partial charge is 0.0577 e. The molecule has 2 rings (SSSR count). The molecule has 0 amide bonds. The first kappa shape index (κ1) is 10.3. The second-order valence-electron chi connectivity index (χ2n) is 4.77. The molecular weight excluding hydrogens is 184 g/mol. The Morgan fingerprint density at radius 2 is 1.87 bits per heavy atom. The molecule has 0 spiro atoms. The van der Waals surface area contributed by atoms with Gasteiger partial charge >= 0.3 is 0 Å². The van der Waals surface area contributed by atoms with Crippen molar-refractivity contribution in [1.82, 2.24) is 0 Å². The van der Waals surface area contributed by atoms with E-state index >= 15 is 0 Å². The quantitative estimate of drug-likeness (QED) is 0.728. The maximum atomic E-state index is 5.87. The Morgan fingerprint density at radius 1 is 1.20 bits per heavy atom. The van der Waals surface area contributed by atoms with E-state index in [1.54, 1.807) is 0 Å². The second kappa shape index (κ2) is 4.13. The Balaban J connectivity index is 2.14. The summed E-state index contributed by atoms with van der Waals surface area (Å²) in [5.74, 6) is 0.868. The fourth-order valence-electron chi connectivity index (χ4n) is 2.57. The van der Waals surface area contributed by atoms with Crippen LogP contribution in [0.4, 0.5) is 11.4 Å². The van der Waals surface area contributed by atoms with Crippen LogP contribution in [0.2, 0.25) is 0 Å². The van der Waals surface area contributed by atoms with E-state index < -0.39 is 0 Å². The number of hydrogen-bond donors (Lipinski definition) is 2. The maximum absolute atomic E-state index is 5.87. The highest BCUT2D eigenvalue weighted by molar-refractivity contribution is 5.68. The van der Waals surface area contributed by atoms with Crippen LogP contribution >= 0.6 is 0 Å². The maximum Gasteiger partial charge on any atom is 0.0577 e. The highest BCUT2D eigenvalue weighted by Crippen LogP contribution is 2.30. The molecule has 2 nitrogen and oxygen atoms in total. The SMILES string of the molecule is Cc1cc(CC2CCCC2)cc(N)c1N. The first-order valence-corrected chi connectivity index (χ1v) is 5.81. The molecule has 4 N–H and O–H groups in total. The number of aryl methyl sites for hydroxylation is 1. The molecule has 2 heteroatoms. The molecule has 0 aromatic heterocycles. The number of benzene rings is 1. The number of rotatable bonds is 2. The van der Waals surface area contributed by atoms with Crippen LogP contribution in [0.3, 0.4) is 0 Å². The lowest BCUT2D eigenvalue weighted by Crippen LogP contribution is -2.03. The summed E-state index contributed by atoms with van der Waals surface area (Å²) in [7, 11) is 0. The molecule has 0 radical (unpaired) electrons. The molecule has 1 aliphatic carbocycles. The average Bonchev–Trinajstić information content (AvgIpc) is 2.66. The van der Waals surface area contributed by atoms with Crippen LogP contribution in [-0.2, 0) is 6.42 Å². The fraction of sp³-hybridized carbons (Fsp3) is 0.538. The van der Waals surface area contributed by atoms with Crippen molar-refractivity contribution in [1.29, 1.82) is 0 Å². The second-order valence-corrected chi connectivity index (χ2v) is 4.77. The van der Waals surface area contributed by atoms with Crippen LogP contribution in [0.25, 0.3) is 0 Å². The molecule has 1 aromatic rings. The minimum atomic E-state index is 0.739. The predicted molar refractivity (Wildman–Crippen MR) is 65.7 cm³/mol. The lowest BCUT2D eigenvalue weighted by molar-refractivity contribution is 0.546. The van der Waals surface area contributed by atoms with E-state index in [4.69, 9.17) is 11.5 Å². The van der Waals surface area contributed by atoms with Gasteiger partial charge in [0.25, 0.3) is 0 Å². The molecule has 0 saturated heterocycles. The van der Waals surface area contributed by atoms with Gasteiger partial charge in [-0.1, -0.05) is 31.7 Å². The molecule has 0 unspecified atom stereocenters. The molecule has 0 atom stereocenters. The largest absolute Gasteiger partial charge is 0.397 e. The summed E-state index contributed by atoms with van der Waals surface area (Å²) >= 11 is 0. The average molecular weight is 204 g/mol. The van der Waals surface area contributed by atoms with E-state index in [0.717, 1.165) is 22.9 Å². The van der Waals surface area contributed by atoms with Crippen LogP contribution in [0.5, 0.6) is 0 Å². The standard InChI is InChI=1S/C13H20N2/c1-9-6-11(8-12(14)13(9)15)7-10-4-2-3-5-10/h6,8,10H,2-5,7,14-15H2,1H3. The van der Waals surface area contributed by atoms with Gasteiger partial charge in [0, 0.05) is 0 Å². The van der Waals surface area contributed by atoms with Crippen LogP contribution in [0.1, 0.15) is 36.8 Å². The molecule has 1 saturated carbocycles. The summed E-state index contributed by atoms with van der Waals surface area (Å²) in [6, 6.07) is 4.23. The van der Waals surface area contributed by atoms with Crippen LogP contribution in [0, 0.1) is 12.8 Å². The summed E-state index contributed by atoms with van der Waals surface area (Å²) in [5, 5.41) is 0. The van der Waals surface area contributed by atoms with Gasteiger partial charge in [0.1, 0.15) is 0 Å². The van der Waals surface area contributed by atoms with Crippen molar-refractivity contribution in [2.75, 3.05) is 11.5 Å². The Kier molecular flexibility index (Phi) is 2.85. The fourth-order valence-corrected chi connectivity index (χ4v) is 2.57. The lowest BCUT2D eigenvalue weighted by atomic mass is 9.96. The third-order valence-corrected chi connectivity index (χ3v) is 3.48. The Morgan fingerprint density at radius 3 is 2.47 bits per heavy atom. The van der Waals surface area contributed by atoms with Crippen molar-refractivity contribution < 1.29 is 0 Å². The van der Waals surface area contributed by atoms with Crippen LogP contribution < -0.4 is 11.5 Å². The van der Waals surface area contributed by atoms with E-state index in [1.165, 1.54) is 37.7 Å². The van der Waals surface area contributed by atoms with Crippen LogP contribution in [-0.4, -0.2) is 0 Å². The first-order valence-electron chi connectivity index (χ1n) is 5.81. The van der Waals surface area contributed by atoms with Gasteiger partial charge in [0.2, 0.25) is 0 Å². The molecule has 0 aliphatic heterocycles. The van der Waals surface area contributed by atoms with Crippen molar-refractivity contribution in [2.24, 2.45) is 5.92 Å². The minimum absolute atomic E-state index is 0.739. The molecule has 82 valence electrons. The van der Waals surface area contributed by atoms with Gasteiger partial charge in [-0.25, -0.2) is 0 Å². The van der Waals surface area contributed by atoms with E-state index in [1.807, 2.05) is 13.0 Å². The van der Waals surface area contributed by atoms with E-state index in [0.29, 0.717) is 0 Å². The number of nitrogen functional groups attached to an aromatic ring is 2. The van der Waals surface area contributed by atoms with E-state index in [2.05, 4.69) is 6.07 Å². The summed E-state index contributed by atoms with van der Waals surface area (Å²) in [5.41, 5.74) is 15.7. The molecular formula is C13H20N2. The molecule has 1 aromatic carbocycles. The van der Waals surface area contributed by atoms with Crippen molar-refractivity contribution in [3.05, 3.63) is 23.3 Å². The van der Waals surface area contributed by atoms with Crippen molar-refractivity contribution in [3.63, 3.8) is 0 Å². The molecule has 1 fully saturated rings. The third-order valence-electron chi connectivity index (χ3n) is 3.48. The van der Waals surface area contributed by atoms with Gasteiger partial charge < -0.3 is 11.5 Å². The van der Waals surface area contributed by atoms with Gasteiger partial charge in [-0.3, -0.25) is 0 Å². The Hall–Kier alpha value is -1.18. The minimum Gasteiger partial charge on any atom is -0.397 e. The van der Waals surface area contributed by atoms with Crippen molar-refractivity contribution >= 4 is 11.4 Å². The molecule has 1 aliphatic rings. The highest BCUT2D eigenvalue weighted by atomic mass is 14.7. The highest BCUT2D eigenvalue weighted by Gasteiger charge is 2.16. The van der Waals surface area contributed by atoms with Crippen LogP contribution in [0.15, 0.2) is 12.1 Å². The van der Waals surface area contributed by atoms with Crippen molar-refractivity contribution in [3.8, 4) is 0 Å².